The Kier molecular flexibility index (Phi) is 4.04. The van der Waals surface area contributed by atoms with Gasteiger partial charge in [-0.15, -0.1) is 16.8 Å². The Balaban J connectivity index is 1.82. The molecule has 1 aromatic heterocycles. The molecule has 0 aromatic carbocycles. The second kappa shape index (κ2) is 5.53. The molecule has 2 rings (SSSR count). The quantitative estimate of drug-likeness (QED) is 0.413. The van der Waals surface area contributed by atoms with Crippen molar-refractivity contribution in [2.45, 2.75) is 55.5 Å². The van der Waals surface area contributed by atoms with E-state index in [1.165, 1.54) is 25.7 Å². The number of hydrogen-bond acceptors (Lipinski definition) is 3. The van der Waals surface area contributed by atoms with Crippen LogP contribution in [0.1, 0.15) is 45.1 Å². The van der Waals surface area contributed by atoms with Gasteiger partial charge in [0.2, 0.25) is 0 Å². The smallest absolute Gasteiger partial charge is 0.191 e. The lowest BCUT2D eigenvalue weighted by Crippen LogP contribution is -2.01. The highest BCUT2D eigenvalue weighted by molar-refractivity contribution is 7.99. The van der Waals surface area contributed by atoms with E-state index in [4.69, 9.17) is 0 Å². The van der Waals surface area contributed by atoms with E-state index in [0.717, 1.165) is 11.6 Å². The van der Waals surface area contributed by atoms with Crippen LogP contribution in [0.25, 0.3) is 0 Å². The fourth-order valence-corrected chi connectivity index (χ4v) is 2.76. The van der Waals surface area contributed by atoms with Gasteiger partial charge in [-0.25, -0.2) is 0 Å². The van der Waals surface area contributed by atoms with Gasteiger partial charge in [0, 0.05) is 11.3 Å². The number of allylic oxidation sites excluding steroid dienone is 1. The molecule has 1 aliphatic rings. The summed E-state index contributed by atoms with van der Waals surface area (Å²) in [6.45, 7) is 6.01. The van der Waals surface area contributed by atoms with Gasteiger partial charge in [-0.3, -0.25) is 0 Å². The van der Waals surface area contributed by atoms with Gasteiger partial charge in [0.05, 0.1) is 0 Å². The van der Waals surface area contributed by atoms with Gasteiger partial charge in [0.25, 0.3) is 0 Å². The SMILES string of the molecule is C=CCCC[C@@H](C)Sc1nncn1C1CC1. The summed E-state index contributed by atoms with van der Waals surface area (Å²) in [7, 11) is 0. The molecule has 0 radical (unpaired) electrons. The average Bonchev–Trinajstić information content (AvgIpc) is 3.01. The first-order valence-electron chi connectivity index (χ1n) is 5.98. The predicted octanol–water partition coefficient (Wildman–Crippen LogP) is 3.45. The Morgan fingerprint density at radius 3 is 3.19 bits per heavy atom. The highest BCUT2D eigenvalue weighted by Gasteiger charge is 2.26. The fraction of sp³-hybridized carbons (Fsp3) is 0.667. The Hall–Kier alpha value is -0.770. The molecular weight excluding hydrogens is 218 g/mol. The number of nitrogens with zero attached hydrogens (tertiary/aromatic N) is 3. The van der Waals surface area contributed by atoms with Crippen molar-refractivity contribution in [1.29, 1.82) is 0 Å². The topological polar surface area (TPSA) is 30.7 Å². The molecule has 16 heavy (non-hydrogen) atoms. The molecular formula is C12H19N3S. The molecule has 0 saturated heterocycles. The lowest BCUT2D eigenvalue weighted by atomic mass is 10.2. The second-order valence-electron chi connectivity index (χ2n) is 4.40. The maximum absolute atomic E-state index is 4.20. The Labute approximate surface area is 101 Å². The van der Waals surface area contributed by atoms with E-state index in [0.29, 0.717) is 11.3 Å². The molecule has 4 heteroatoms. The number of thioether (sulfide) groups is 1. The van der Waals surface area contributed by atoms with E-state index in [-0.39, 0.29) is 0 Å². The number of aromatic nitrogens is 3. The van der Waals surface area contributed by atoms with E-state index in [2.05, 4.69) is 28.3 Å². The minimum Gasteiger partial charge on any atom is -0.306 e. The van der Waals surface area contributed by atoms with E-state index in [1.54, 1.807) is 0 Å². The van der Waals surface area contributed by atoms with Crippen molar-refractivity contribution in [2.24, 2.45) is 0 Å². The zero-order chi connectivity index (χ0) is 11.4. The highest BCUT2D eigenvalue weighted by Crippen LogP contribution is 2.38. The van der Waals surface area contributed by atoms with Crippen molar-refractivity contribution in [3.05, 3.63) is 19.0 Å². The largest absolute Gasteiger partial charge is 0.306 e. The number of rotatable bonds is 7. The Morgan fingerprint density at radius 2 is 2.50 bits per heavy atom. The summed E-state index contributed by atoms with van der Waals surface area (Å²) >= 11 is 1.85. The molecule has 1 heterocycles. The summed E-state index contributed by atoms with van der Waals surface area (Å²) in [5.74, 6) is 0. The molecule has 1 aromatic rings. The highest BCUT2D eigenvalue weighted by atomic mass is 32.2. The lowest BCUT2D eigenvalue weighted by Gasteiger charge is -2.10. The van der Waals surface area contributed by atoms with Crippen molar-refractivity contribution in [3.8, 4) is 0 Å². The average molecular weight is 237 g/mol. The van der Waals surface area contributed by atoms with Crippen LogP contribution in [0.2, 0.25) is 0 Å². The molecule has 88 valence electrons. The van der Waals surface area contributed by atoms with Crippen LogP contribution in [0.3, 0.4) is 0 Å². The maximum Gasteiger partial charge on any atom is 0.191 e. The Morgan fingerprint density at radius 1 is 1.69 bits per heavy atom. The summed E-state index contributed by atoms with van der Waals surface area (Å²) in [4.78, 5) is 0. The van der Waals surface area contributed by atoms with Gasteiger partial charge in [-0.05, 0) is 32.1 Å². The third-order valence-corrected chi connectivity index (χ3v) is 3.95. The molecule has 0 unspecified atom stereocenters. The first kappa shape index (κ1) is 11.7. The molecule has 0 N–H and O–H groups in total. The van der Waals surface area contributed by atoms with Crippen LogP contribution in [0.15, 0.2) is 24.1 Å². The van der Waals surface area contributed by atoms with Gasteiger partial charge >= 0.3 is 0 Å². The van der Waals surface area contributed by atoms with Crippen LogP contribution in [0.5, 0.6) is 0 Å². The van der Waals surface area contributed by atoms with Crippen molar-refractivity contribution < 1.29 is 0 Å². The zero-order valence-corrected chi connectivity index (χ0v) is 10.6. The van der Waals surface area contributed by atoms with Crippen LogP contribution in [0, 0.1) is 0 Å². The molecule has 3 nitrogen and oxygen atoms in total. The van der Waals surface area contributed by atoms with Crippen molar-refractivity contribution >= 4 is 11.8 Å². The van der Waals surface area contributed by atoms with Crippen LogP contribution in [-0.4, -0.2) is 20.0 Å². The maximum atomic E-state index is 4.20. The molecule has 1 aliphatic carbocycles. The van der Waals surface area contributed by atoms with Gasteiger partial charge in [0.1, 0.15) is 6.33 Å². The third kappa shape index (κ3) is 3.11. The number of hydrogen-bond donors (Lipinski definition) is 0. The minimum atomic E-state index is 0.613. The predicted molar refractivity (Wildman–Crippen MR) is 67.7 cm³/mol. The summed E-state index contributed by atoms with van der Waals surface area (Å²) in [5.41, 5.74) is 0. The molecule has 0 bridgehead atoms. The molecule has 1 atom stereocenters. The van der Waals surface area contributed by atoms with Gasteiger partial charge in [0.15, 0.2) is 5.16 Å². The van der Waals surface area contributed by atoms with Crippen molar-refractivity contribution in [3.63, 3.8) is 0 Å². The normalized spacial score (nSPS) is 17.3. The molecule has 1 fully saturated rings. The van der Waals surface area contributed by atoms with Crippen molar-refractivity contribution in [2.75, 3.05) is 0 Å². The second-order valence-corrected chi connectivity index (χ2v) is 5.81. The summed E-state index contributed by atoms with van der Waals surface area (Å²) in [5, 5.41) is 9.91. The van der Waals surface area contributed by atoms with Crippen LogP contribution in [0.4, 0.5) is 0 Å². The molecule has 0 spiro atoms. The standard InChI is InChI=1S/C12H19N3S/c1-3-4-5-6-10(2)16-12-14-13-9-15(12)11-7-8-11/h3,9-11H,1,4-8H2,2H3/t10-/m1/s1. The fourth-order valence-electron chi connectivity index (χ4n) is 1.71. The summed E-state index contributed by atoms with van der Waals surface area (Å²) in [6.07, 6.45) is 9.98. The first-order valence-corrected chi connectivity index (χ1v) is 6.86. The van der Waals surface area contributed by atoms with Crippen LogP contribution in [-0.2, 0) is 0 Å². The van der Waals surface area contributed by atoms with E-state index in [1.807, 2.05) is 24.2 Å². The van der Waals surface area contributed by atoms with Gasteiger partial charge < -0.3 is 4.57 Å². The van der Waals surface area contributed by atoms with E-state index in [9.17, 15) is 0 Å². The summed E-state index contributed by atoms with van der Waals surface area (Å²) < 4.78 is 2.23. The Bertz CT molecular complexity index is 344. The van der Waals surface area contributed by atoms with E-state index < -0.39 is 0 Å². The minimum absolute atomic E-state index is 0.613. The van der Waals surface area contributed by atoms with E-state index >= 15 is 0 Å². The molecule has 0 amide bonds. The zero-order valence-electron chi connectivity index (χ0n) is 9.80. The molecule has 1 saturated carbocycles. The van der Waals surface area contributed by atoms with Crippen molar-refractivity contribution in [1.82, 2.24) is 14.8 Å². The van der Waals surface area contributed by atoms with Crippen LogP contribution >= 0.6 is 11.8 Å². The monoisotopic (exact) mass is 237 g/mol. The summed E-state index contributed by atoms with van der Waals surface area (Å²) in [6, 6.07) is 0.679. The number of unbranched alkanes of at least 4 members (excludes halogenated alkanes) is 1. The van der Waals surface area contributed by atoms with Gasteiger partial charge in [-0.2, -0.15) is 0 Å². The van der Waals surface area contributed by atoms with Gasteiger partial charge in [-0.1, -0.05) is 24.8 Å². The van der Waals surface area contributed by atoms with Crippen LogP contribution < -0.4 is 0 Å². The first-order chi connectivity index (χ1) is 7.81. The molecule has 0 aliphatic heterocycles. The lowest BCUT2D eigenvalue weighted by molar-refractivity contribution is 0.657. The third-order valence-electron chi connectivity index (χ3n) is 2.81.